The first-order valence-corrected chi connectivity index (χ1v) is 11.7. The van der Waals surface area contributed by atoms with E-state index in [0.29, 0.717) is 28.4 Å². The topological polar surface area (TPSA) is 110 Å². The zero-order valence-corrected chi connectivity index (χ0v) is 18.3. The first kappa shape index (κ1) is 21.4. The molecule has 9 nitrogen and oxygen atoms in total. The zero-order chi connectivity index (χ0) is 21.8. The number of imide groups is 1. The van der Waals surface area contributed by atoms with Gasteiger partial charge in [-0.3, -0.25) is 23.9 Å². The number of aromatic nitrogens is 4. The van der Waals surface area contributed by atoms with E-state index in [1.165, 1.54) is 11.8 Å². The first-order chi connectivity index (χ1) is 15.1. The molecule has 0 aliphatic heterocycles. The van der Waals surface area contributed by atoms with Crippen LogP contribution in [0.25, 0.3) is 16.7 Å². The zero-order valence-electron chi connectivity index (χ0n) is 17.5. The molecule has 1 aromatic carbocycles. The van der Waals surface area contributed by atoms with Gasteiger partial charge >= 0.3 is 6.03 Å². The largest absolute Gasteiger partial charge is 0.335 e. The Morgan fingerprint density at radius 2 is 1.97 bits per heavy atom. The Labute approximate surface area is 183 Å². The number of unbranched alkanes of at least 4 members (excludes halogenated alkanes) is 1. The Morgan fingerprint density at radius 1 is 1.19 bits per heavy atom. The van der Waals surface area contributed by atoms with E-state index >= 15 is 0 Å². The molecule has 1 saturated carbocycles. The number of fused-ring (bicyclic) bond motifs is 3. The fraction of sp³-hybridized carbons (Fsp3) is 0.476. The van der Waals surface area contributed by atoms with Crippen LogP contribution in [-0.4, -0.2) is 42.9 Å². The highest BCUT2D eigenvalue weighted by Crippen LogP contribution is 2.22. The number of aryl methyl sites for hydroxylation is 1. The molecule has 3 aromatic rings. The fourth-order valence-electron chi connectivity index (χ4n) is 3.93. The Morgan fingerprint density at radius 3 is 2.74 bits per heavy atom. The molecule has 1 aliphatic rings. The molecule has 3 amide bonds. The van der Waals surface area contributed by atoms with Crippen molar-refractivity contribution in [1.29, 1.82) is 0 Å². The highest BCUT2D eigenvalue weighted by Gasteiger charge is 2.20. The lowest BCUT2D eigenvalue weighted by Gasteiger charge is -2.12. The predicted molar refractivity (Wildman–Crippen MR) is 119 cm³/mol. The smallest absolute Gasteiger partial charge is 0.321 e. The molecule has 2 N–H and O–H groups in total. The van der Waals surface area contributed by atoms with Crippen LogP contribution in [0.15, 0.2) is 34.2 Å². The Kier molecular flexibility index (Phi) is 6.55. The van der Waals surface area contributed by atoms with E-state index in [0.717, 1.165) is 38.5 Å². The molecule has 1 fully saturated rings. The van der Waals surface area contributed by atoms with Crippen LogP contribution >= 0.6 is 11.8 Å². The number of nitrogens with one attached hydrogen (secondary N) is 2. The van der Waals surface area contributed by atoms with E-state index in [-0.39, 0.29) is 17.4 Å². The van der Waals surface area contributed by atoms with Crippen molar-refractivity contribution in [2.24, 2.45) is 0 Å². The van der Waals surface area contributed by atoms with Crippen molar-refractivity contribution >= 4 is 40.4 Å². The average molecular weight is 443 g/mol. The van der Waals surface area contributed by atoms with E-state index in [4.69, 9.17) is 0 Å². The Hall–Kier alpha value is -2.88. The fourth-order valence-corrected chi connectivity index (χ4v) is 4.67. The summed E-state index contributed by atoms with van der Waals surface area (Å²) in [6, 6.07) is 7.00. The SMILES string of the molecule is CCCCn1c(=O)c2ccccc2n2c(SCC(=O)NC(=O)NC3CCCC3)nnc12. The molecule has 0 saturated heterocycles. The van der Waals surface area contributed by atoms with Gasteiger partial charge in [0.25, 0.3) is 5.56 Å². The van der Waals surface area contributed by atoms with Gasteiger partial charge in [-0.25, -0.2) is 4.79 Å². The molecule has 0 bridgehead atoms. The maximum Gasteiger partial charge on any atom is 0.321 e. The lowest BCUT2D eigenvalue weighted by molar-refractivity contribution is -0.117. The van der Waals surface area contributed by atoms with Crippen molar-refractivity contribution in [3.63, 3.8) is 0 Å². The number of carbonyl (C=O) groups excluding carboxylic acids is 2. The average Bonchev–Trinajstić information content (AvgIpc) is 3.42. The molecular formula is C21H26N6O3S. The summed E-state index contributed by atoms with van der Waals surface area (Å²) in [6.45, 7) is 2.62. The van der Waals surface area contributed by atoms with Gasteiger partial charge in [0, 0.05) is 12.6 Å². The molecule has 4 rings (SSSR count). The third-order valence-electron chi connectivity index (χ3n) is 5.49. The molecular weight excluding hydrogens is 416 g/mol. The first-order valence-electron chi connectivity index (χ1n) is 10.7. The third kappa shape index (κ3) is 4.58. The van der Waals surface area contributed by atoms with Crippen LogP contribution in [0.5, 0.6) is 0 Å². The number of benzene rings is 1. The monoisotopic (exact) mass is 442 g/mol. The minimum atomic E-state index is -0.456. The van der Waals surface area contributed by atoms with Gasteiger partial charge in [-0.15, -0.1) is 10.2 Å². The summed E-state index contributed by atoms with van der Waals surface area (Å²) in [4.78, 5) is 37.2. The van der Waals surface area contributed by atoms with E-state index in [1.54, 1.807) is 10.6 Å². The predicted octanol–water partition coefficient (Wildman–Crippen LogP) is 2.70. The molecule has 0 atom stereocenters. The normalized spacial score (nSPS) is 14.4. The van der Waals surface area contributed by atoms with Crippen LogP contribution in [0.2, 0.25) is 0 Å². The summed E-state index contributed by atoms with van der Waals surface area (Å²) in [5.74, 6) is 0.0706. The van der Waals surface area contributed by atoms with Gasteiger partial charge in [0.15, 0.2) is 5.16 Å². The van der Waals surface area contributed by atoms with Crippen LogP contribution in [0, 0.1) is 0 Å². The van der Waals surface area contributed by atoms with E-state index in [9.17, 15) is 14.4 Å². The quantitative estimate of drug-likeness (QED) is 0.545. The number of nitrogens with zero attached hydrogens (tertiary/aromatic N) is 4. The standard InChI is InChI=1S/C21H26N6O3S/c1-2-3-12-26-18(29)15-10-6-7-11-16(15)27-20(26)24-25-21(27)31-13-17(28)23-19(30)22-14-8-4-5-9-14/h6-7,10-11,14H,2-5,8-9,12-13H2,1H3,(H2,22,23,28,30). The number of carbonyl (C=O) groups is 2. The molecule has 2 heterocycles. The number of para-hydroxylation sites is 1. The molecule has 10 heteroatoms. The van der Waals surface area contributed by atoms with Crippen molar-refractivity contribution in [3.8, 4) is 0 Å². The molecule has 2 aromatic heterocycles. The lowest BCUT2D eigenvalue weighted by atomic mass is 10.2. The number of rotatable bonds is 7. The second-order valence-corrected chi connectivity index (χ2v) is 8.68. The summed E-state index contributed by atoms with van der Waals surface area (Å²) >= 11 is 1.18. The molecule has 1 aliphatic carbocycles. The van der Waals surface area contributed by atoms with Crippen LogP contribution < -0.4 is 16.2 Å². The van der Waals surface area contributed by atoms with Gasteiger partial charge in [-0.2, -0.15) is 0 Å². The number of amides is 3. The van der Waals surface area contributed by atoms with E-state index < -0.39 is 11.9 Å². The van der Waals surface area contributed by atoms with E-state index in [1.807, 2.05) is 22.6 Å². The van der Waals surface area contributed by atoms with Gasteiger partial charge in [0.2, 0.25) is 11.7 Å². The summed E-state index contributed by atoms with van der Waals surface area (Å²) in [5, 5.41) is 14.8. The van der Waals surface area contributed by atoms with E-state index in [2.05, 4.69) is 27.8 Å². The summed E-state index contributed by atoms with van der Waals surface area (Å²) in [6.07, 6.45) is 5.91. The molecule has 0 radical (unpaired) electrons. The van der Waals surface area contributed by atoms with Crippen molar-refractivity contribution in [2.75, 3.05) is 5.75 Å². The summed E-state index contributed by atoms with van der Waals surface area (Å²) in [7, 11) is 0. The Bertz CT molecular complexity index is 1170. The van der Waals surface area contributed by atoms with Crippen LogP contribution in [0.1, 0.15) is 45.4 Å². The van der Waals surface area contributed by atoms with Crippen LogP contribution in [-0.2, 0) is 11.3 Å². The molecule has 0 spiro atoms. The number of hydrogen-bond acceptors (Lipinski definition) is 6. The van der Waals surface area contributed by atoms with Crippen molar-refractivity contribution in [1.82, 2.24) is 29.8 Å². The van der Waals surface area contributed by atoms with Crippen LogP contribution in [0.3, 0.4) is 0 Å². The maximum atomic E-state index is 13.0. The second-order valence-electron chi connectivity index (χ2n) is 7.74. The number of thioether (sulfide) groups is 1. The van der Waals surface area contributed by atoms with Gasteiger partial charge in [-0.05, 0) is 31.4 Å². The highest BCUT2D eigenvalue weighted by atomic mass is 32.2. The number of hydrogen-bond donors (Lipinski definition) is 2. The molecule has 164 valence electrons. The van der Waals surface area contributed by atoms with Gasteiger partial charge in [0.1, 0.15) is 0 Å². The third-order valence-corrected chi connectivity index (χ3v) is 6.42. The lowest BCUT2D eigenvalue weighted by Crippen LogP contribution is -2.44. The minimum Gasteiger partial charge on any atom is -0.335 e. The molecule has 31 heavy (non-hydrogen) atoms. The maximum absolute atomic E-state index is 13.0. The number of urea groups is 1. The van der Waals surface area contributed by atoms with Gasteiger partial charge in [0.05, 0.1) is 16.7 Å². The van der Waals surface area contributed by atoms with Crippen molar-refractivity contribution < 1.29 is 9.59 Å². The van der Waals surface area contributed by atoms with Gasteiger partial charge in [-0.1, -0.05) is 50.1 Å². The van der Waals surface area contributed by atoms with Gasteiger partial charge < -0.3 is 5.32 Å². The summed E-state index contributed by atoms with van der Waals surface area (Å²) < 4.78 is 3.45. The Balaban J connectivity index is 1.54. The van der Waals surface area contributed by atoms with Crippen molar-refractivity contribution in [3.05, 3.63) is 34.6 Å². The summed E-state index contributed by atoms with van der Waals surface area (Å²) in [5.41, 5.74) is 0.601. The second kappa shape index (κ2) is 9.51. The minimum absolute atomic E-state index is 0.0152. The molecule has 0 unspecified atom stereocenters. The van der Waals surface area contributed by atoms with Crippen molar-refractivity contribution in [2.45, 2.75) is 63.2 Å². The highest BCUT2D eigenvalue weighted by molar-refractivity contribution is 7.99. The van der Waals surface area contributed by atoms with Crippen LogP contribution in [0.4, 0.5) is 4.79 Å².